The van der Waals surface area contributed by atoms with Crippen LogP contribution in [0.2, 0.25) is 0 Å². The molecule has 0 spiro atoms. The van der Waals surface area contributed by atoms with E-state index in [-0.39, 0.29) is 0 Å². The van der Waals surface area contributed by atoms with Gasteiger partial charge in [0.2, 0.25) is 0 Å². The minimum Gasteiger partial charge on any atom is -0.384 e. The number of nitrogens with zero attached hydrogens (tertiary/aromatic N) is 2. The van der Waals surface area contributed by atoms with Crippen LogP contribution in [0.25, 0.3) is 0 Å². The van der Waals surface area contributed by atoms with Gasteiger partial charge in [-0.2, -0.15) is 0 Å². The molecule has 2 N–H and O–H groups in total. The summed E-state index contributed by atoms with van der Waals surface area (Å²) >= 11 is 0. The Morgan fingerprint density at radius 1 is 1.43 bits per heavy atom. The first kappa shape index (κ1) is 9.31. The molecule has 0 saturated carbocycles. The summed E-state index contributed by atoms with van der Waals surface area (Å²) in [5.41, 5.74) is 7.17. The highest BCUT2D eigenvalue weighted by molar-refractivity contribution is 5.49. The van der Waals surface area contributed by atoms with Gasteiger partial charge in [-0.25, -0.2) is 4.98 Å². The van der Waals surface area contributed by atoms with Crippen molar-refractivity contribution in [1.82, 2.24) is 4.98 Å². The number of anilines is 2. The molecule has 14 heavy (non-hydrogen) atoms. The van der Waals surface area contributed by atoms with Gasteiger partial charge < -0.3 is 10.6 Å². The average Bonchev–Trinajstić information content (AvgIpc) is 2.47. The van der Waals surface area contributed by atoms with Gasteiger partial charge in [-0.15, -0.1) is 0 Å². The molecular formula is C11H17N3. The van der Waals surface area contributed by atoms with E-state index in [9.17, 15) is 0 Å². The Balaban J connectivity index is 2.14. The van der Waals surface area contributed by atoms with Crippen molar-refractivity contribution in [3.63, 3.8) is 0 Å². The monoisotopic (exact) mass is 191 g/mol. The number of aromatic nitrogens is 1. The van der Waals surface area contributed by atoms with Crippen LogP contribution in [0.15, 0.2) is 18.3 Å². The Hall–Kier alpha value is -1.25. The van der Waals surface area contributed by atoms with Gasteiger partial charge in [-0.05, 0) is 24.0 Å². The maximum Gasteiger partial charge on any atom is 0.123 e. The van der Waals surface area contributed by atoms with Crippen molar-refractivity contribution in [3.05, 3.63) is 18.3 Å². The third kappa shape index (κ3) is 1.81. The Labute approximate surface area is 84.9 Å². The van der Waals surface area contributed by atoms with Crippen LogP contribution in [-0.2, 0) is 0 Å². The fraction of sp³-hybridized carbons (Fsp3) is 0.545. The maximum absolute atomic E-state index is 5.55. The maximum atomic E-state index is 5.55. The Kier molecular flexibility index (Phi) is 2.10. The van der Waals surface area contributed by atoms with Gasteiger partial charge >= 0.3 is 0 Å². The van der Waals surface area contributed by atoms with Crippen molar-refractivity contribution >= 4 is 11.5 Å². The lowest BCUT2D eigenvalue weighted by Crippen LogP contribution is -2.22. The molecule has 0 radical (unpaired) electrons. The number of pyridine rings is 1. The predicted molar refractivity (Wildman–Crippen MR) is 59.3 cm³/mol. The number of rotatable bonds is 1. The Morgan fingerprint density at radius 3 is 2.71 bits per heavy atom. The zero-order valence-electron chi connectivity index (χ0n) is 8.83. The highest BCUT2D eigenvalue weighted by atomic mass is 15.2. The number of hydrogen-bond donors (Lipinski definition) is 1. The van der Waals surface area contributed by atoms with Crippen molar-refractivity contribution in [3.8, 4) is 0 Å². The quantitative estimate of drug-likeness (QED) is 0.737. The molecular weight excluding hydrogens is 174 g/mol. The SMILES string of the molecule is CC1(C)CCN(c2ccc(N)nc2)C1. The third-order valence-corrected chi connectivity index (χ3v) is 2.81. The van der Waals surface area contributed by atoms with E-state index in [1.54, 1.807) is 0 Å². The van der Waals surface area contributed by atoms with Gasteiger partial charge in [-0.1, -0.05) is 13.8 Å². The minimum absolute atomic E-state index is 0.432. The molecule has 3 heteroatoms. The fourth-order valence-corrected chi connectivity index (χ4v) is 1.92. The van der Waals surface area contributed by atoms with Crippen molar-refractivity contribution in [1.29, 1.82) is 0 Å². The molecule has 1 aromatic rings. The van der Waals surface area contributed by atoms with Gasteiger partial charge in [0.25, 0.3) is 0 Å². The van der Waals surface area contributed by atoms with E-state index in [0.717, 1.165) is 13.1 Å². The molecule has 0 aliphatic carbocycles. The highest BCUT2D eigenvalue weighted by Gasteiger charge is 2.29. The van der Waals surface area contributed by atoms with Crippen molar-refractivity contribution in [2.75, 3.05) is 23.7 Å². The third-order valence-electron chi connectivity index (χ3n) is 2.81. The molecule has 0 atom stereocenters. The van der Waals surface area contributed by atoms with Crippen molar-refractivity contribution < 1.29 is 0 Å². The van der Waals surface area contributed by atoms with E-state index in [1.165, 1.54) is 12.1 Å². The molecule has 0 unspecified atom stereocenters. The zero-order chi connectivity index (χ0) is 10.2. The van der Waals surface area contributed by atoms with Crippen molar-refractivity contribution in [2.45, 2.75) is 20.3 Å². The van der Waals surface area contributed by atoms with E-state index in [0.29, 0.717) is 11.2 Å². The van der Waals surface area contributed by atoms with E-state index in [2.05, 4.69) is 23.7 Å². The smallest absolute Gasteiger partial charge is 0.123 e. The average molecular weight is 191 g/mol. The Morgan fingerprint density at radius 2 is 2.21 bits per heavy atom. The van der Waals surface area contributed by atoms with E-state index in [1.807, 2.05) is 18.3 Å². The molecule has 2 heterocycles. The molecule has 1 aliphatic heterocycles. The number of nitrogen functional groups attached to an aromatic ring is 1. The van der Waals surface area contributed by atoms with Crippen LogP contribution in [0.3, 0.4) is 0 Å². The second-order valence-corrected chi connectivity index (χ2v) is 4.78. The van der Waals surface area contributed by atoms with Gasteiger partial charge in [0.15, 0.2) is 0 Å². The molecule has 0 aromatic carbocycles. The molecule has 76 valence electrons. The van der Waals surface area contributed by atoms with Gasteiger partial charge in [-0.3, -0.25) is 0 Å². The first-order chi connectivity index (χ1) is 6.57. The molecule has 0 bridgehead atoms. The molecule has 1 aromatic heterocycles. The largest absolute Gasteiger partial charge is 0.384 e. The van der Waals surface area contributed by atoms with Crippen LogP contribution in [-0.4, -0.2) is 18.1 Å². The van der Waals surface area contributed by atoms with Crippen LogP contribution in [0.1, 0.15) is 20.3 Å². The summed E-state index contributed by atoms with van der Waals surface area (Å²) in [6.45, 7) is 6.84. The van der Waals surface area contributed by atoms with Gasteiger partial charge in [0.05, 0.1) is 11.9 Å². The van der Waals surface area contributed by atoms with Crippen LogP contribution < -0.4 is 10.6 Å². The second-order valence-electron chi connectivity index (χ2n) is 4.78. The second kappa shape index (κ2) is 3.15. The summed E-state index contributed by atoms with van der Waals surface area (Å²) < 4.78 is 0. The molecule has 1 fully saturated rings. The minimum atomic E-state index is 0.432. The first-order valence-electron chi connectivity index (χ1n) is 5.03. The summed E-state index contributed by atoms with van der Waals surface area (Å²) in [7, 11) is 0. The lowest BCUT2D eigenvalue weighted by Gasteiger charge is -2.21. The lowest BCUT2D eigenvalue weighted by atomic mass is 9.93. The summed E-state index contributed by atoms with van der Waals surface area (Å²) in [6.07, 6.45) is 3.11. The van der Waals surface area contributed by atoms with Crippen LogP contribution >= 0.6 is 0 Å². The summed E-state index contributed by atoms with van der Waals surface area (Å²) in [5, 5.41) is 0. The Bertz CT molecular complexity index is 316. The molecule has 0 amide bonds. The lowest BCUT2D eigenvalue weighted by molar-refractivity contribution is 0.418. The first-order valence-corrected chi connectivity index (χ1v) is 5.03. The van der Waals surface area contributed by atoms with Crippen LogP contribution in [0.5, 0.6) is 0 Å². The summed E-state index contributed by atoms with van der Waals surface area (Å²) in [5.74, 6) is 0.590. The standard InChI is InChI=1S/C11H17N3/c1-11(2)5-6-14(8-11)9-3-4-10(12)13-7-9/h3-4,7H,5-6,8H2,1-2H3,(H2,12,13). The predicted octanol–water partition coefficient (Wildman–Crippen LogP) is 1.90. The van der Waals surface area contributed by atoms with E-state index in [4.69, 9.17) is 5.73 Å². The number of nitrogens with two attached hydrogens (primary N) is 1. The molecule has 2 rings (SSSR count). The summed E-state index contributed by atoms with van der Waals surface area (Å²) in [4.78, 5) is 6.48. The number of hydrogen-bond acceptors (Lipinski definition) is 3. The van der Waals surface area contributed by atoms with Gasteiger partial charge in [0, 0.05) is 13.1 Å². The topological polar surface area (TPSA) is 42.1 Å². The van der Waals surface area contributed by atoms with Crippen LogP contribution in [0, 0.1) is 5.41 Å². The zero-order valence-corrected chi connectivity index (χ0v) is 8.83. The van der Waals surface area contributed by atoms with Crippen LogP contribution in [0.4, 0.5) is 11.5 Å². The normalized spacial score (nSPS) is 20.0. The molecule has 1 aliphatic rings. The van der Waals surface area contributed by atoms with Gasteiger partial charge in [0.1, 0.15) is 5.82 Å². The summed E-state index contributed by atoms with van der Waals surface area (Å²) in [6, 6.07) is 3.91. The molecule has 3 nitrogen and oxygen atoms in total. The molecule has 1 saturated heterocycles. The van der Waals surface area contributed by atoms with E-state index >= 15 is 0 Å². The van der Waals surface area contributed by atoms with Crippen molar-refractivity contribution in [2.24, 2.45) is 5.41 Å². The van der Waals surface area contributed by atoms with E-state index < -0.39 is 0 Å². The highest BCUT2D eigenvalue weighted by Crippen LogP contribution is 2.32. The fourth-order valence-electron chi connectivity index (χ4n) is 1.92.